The molecule has 1 N–H and O–H groups in total. The molecule has 1 fully saturated rings. The van der Waals surface area contributed by atoms with Gasteiger partial charge in [0.2, 0.25) is 0 Å². The number of nitrogens with zero attached hydrogens (tertiary/aromatic N) is 1. The molecule has 0 amide bonds. The lowest BCUT2D eigenvalue weighted by Gasteiger charge is -2.54. The van der Waals surface area contributed by atoms with Gasteiger partial charge in [-0.1, -0.05) is 65.4 Å². The van der Waals surface area contributed by atoms with E-state index in [9.17, 15) is 5.11 Å². The van der Waals surface area contributed by atoms with E-state index < -0.39 is 0 Å². The maximum absolute atomic E-state index is 9.95. The molecule has 0 unspecified atom stereocenters. The number of aromatic hydroxyl groups is 1. The van der Waals surface area contributed by atoms with Gasteiger partial charge in [-0.25, -0.2) is 0 Å². The predicted molar refractivity (Wildman–Crippen MR) is 106 cm³/mol. The molecule has 2 aliphatic rings. The van der Waals surface area contributed by atoms with Crippen LogP contribution in [0.25, 0.3) is 0 Å². The molecule has 1 heterocycles. The van der Waals surface area contributed by atoms with Crippen molar-refractivity contribution in [1.82, 2.24) is 4.90 Å². The normalized spacial score (nSPS) is 28.8. The molecular weight excluding hydrogens is 306 g/mol. The van der Waals surface area contributed by atoms with E-state index in [1.54, 1.807) is 0 Å². The molecule has 2 heteroatoms. The van der Waals surface area contributed by atoms with Crippen molar-refractivity contribution in [3.8, 4) is 5.75 Å². The first-order valence-electron chi connectivity index (χ1n) is 10.6. The summed E-state index contributed by atoms with van der Waals surface area (Å²) in [5.41, 5.74) is 3.10. The zero-order valence-electron chi connectivity index (χ0n) is 16.6. The zero-order chi connectivity index (χ0) is 17.9. The summed E-state index contributed by atoms with van der Waals surface area (Å²) in [5, 5.41) is 9.95. The second kappa shape index (κ2) is 8.12. The lowest BCUT2D eigenvalue weighted by molar-refractivity contribution is 0.0302. The minimum atomic E-state index is 0.230. The predicted octanol–water partition coefficient (Wildman–Crippen LogP) is 5.67. The van der Waals surface area contributed by atoms with Gasteiger partial charge in [-0.3, -0.25) is 4.90 Å². The lowest BCUT2D eigenvalue weighted by atomic mass is 9.59. The number of unbranched alkanes of at least 4 members (excludes halogenated alkanes) is 6. The summed E-state index contributed by atoms with van der Waals surface area (Å²) in [6.45, 7) is 9.64. The summed E-state index contributed by atoms with van der Waals surface area (Å²) in [6, 6.07) is 6.75. The van der Waals surface area contributed by atoms with E-state index in [2.05, 4.69) is 31.7 Å². The van der Waals surface area contributed by atoms with Crippen molar-refractivity contribution >= 4 is 0 Å². The Morgan fingerprint density at radius 3 is 2.60 bits per heavy atom. The number of rotatable bonds is 8. The molecule has 25 heavy (non-hydrogen) atoms. The largest absolute Gasteiger partial charge is 0.508 e. The molecule has 1 aliphatic heterocycles. The number of likely N-dealkylation sites (tertiary alicyclic amines) is 1. The summed E-state index contributed by atoms with van der Waals surface area (Å²) in [6.07, 6.45) is 12.1. The SMILES string of the molecule is CCCCCCCCCN1CC[C@@]2(C)c3cc(O)ccc3C[C@@H]1[C@@H]2C. The summed E-state index contributed by atoms with van der Waals surface area (Å²) in [4.78, 5) is 2.77. The number of phenols is 1. The van der Waals surface area contributed by atoms with Gasteiger partial charge in [0, 0.05) is 6.04 Å². The van der Waals surface area contributed by atoms with Gasteiger partial charge >= 0.3 is 0 Å². The van der Waals surface area contributed by atoms with Crippen LogP contribution in [0.2, 0.25) is 0 Å². The van der Waals surface area contributed by atoms with E-state index >= 15 is 0 Å². The Labute approximate surface area is 154 Å². The van der Waals surface area contributed by atoms with Crippen LogP contribution in [-0.2, 0) is 11.8 Å². The maximum Gasteiger partial charge on any atom is 0.115 e. The highest BCUT2D eigenvalue weighted by atomic mass is 16.3. The summed E-state index contributed by atoms with van der Waals surface area (Å²) >= 11 is 0. The van der Waals surface area contributed by atoms with Gasteiger partial charge in [0.05, 0.1) is 0 Å². The van der Waals surface area contributed by atoms with Gasteiger partial charge in [-0.2, -0.15) is 0 Å². The van der Waals surface area contributed by atoms with Crippen LogP contribution in [0, 0.1) is 5.92 Å². The van der Waals surface area contributed by atoms with E-state index in [1.165, 1.54) is 75.6 Å². The van der Waals surface area contributed by atoms with Gasteiger partial charge in [0.15, 0.2) is 0 Å². The number of benzene rings is 1. The molecule has 0 radical (unpaired) electrons. The van der Waals surface area contributed by atoms with E-state index in [-0.39, 0.29) is 5.41 Å². The van der Waals surface area contributed by atoms with Crippen molar-refractivity contribution in [2.24, 2.45) is 5.92 Å². The number of fused-ring (bicyclic) bond motifs is 4. The molecule has 2 nitrogen and oxygen atoms in total. The second-order valence-electron chi connectivity index (χ2n) is 8.73. The molecule has 1 saturated heterocycles. The van der Waals surface area contributed by atoms with Crippen LogP contribution < -0.4 is 0 Å². The van der Waals surface area contributed by atoms with Crippen LogP contribution in [0.15, 0.2) is 18.2 Å². The minimum Gasteiger partial charge on any atom is -0.508 e. The molecule has 0 spiro atoms. The molecule has 140 valence electrons. The van der Waals surface area contributed by atoms with Gasteiger partial charge in [0.1, 0.15) is 5.75 Å². The van der Waals surface area contributed by atoms with Crippen molar-refractivity contribution < 1.29 is 5.11 Å². The van der Waals surface area contributed by atoms with Crippen molar-refractivity contribution in [3.05, 3.63) is 29.3 Å². The Morgan fingerprint density at radius 1 is 1.12 bits per heavy atom. The van der Waals surface area contributed by atoms with Crippen molar-refractivity contribution in [3.63, 3.8) is 0 Å². The van der Waals surface area contributed by atoms with E-state index in [0.29, 0.717) is 17.7 Å². The monoisotopic (exact) mass is 343 g/mol. The molecule has 3 atom stereocenters. The quantitative estimate of drug-likeness (QED) is 0.615. The van der Waals surface area contributed by atoms with Crippen molar-refractivity contribution in [1.29, 1.82) is 0 Å². The Balaban J connectivity index is 1.57. The lowest BCUT2D eigenvalue weighted by Crippen LogP contribution is -2.58. The van der Waals surface area contributed by atoms with Crippen LogP contribution >= 0.6 is 0 Å². The molecule has 0 saturated carbocycles. The molecule has 0 aromatic heterocycles. The molecule has 1 aromatic carbocycles. The van der Waals surface area contributed by atoms with Crippen LogP contribution in [0.5, 0.6) is 5.75 Å². The Kier molecular flexibility index (Phi) is 6.09. The van der Waals surface area contributed by atoms with E-state index in [4.69, 9.17) is 0 Å². The van der Waals surface area contributed by atoms with Crippen LogP contribution in [0.1, 0.15) is 83.3 Å². The Hall–Kier alpha value is -1.02. The average molecular weight is 344 g/mol. The average Bonchev–Trinajstić information content (AvgIpc) is 2.60. The first kappa shape index (κ1) is 18.8. The van der Waals surface area contributed by atoms with E-state index in [0.717, 1.165) is 6.42 Å². The number of hydrogen-bond donors (Lipinski definition) is 1. The second-order valence-corrected chi connectivity index (χ2v) is 8.73. The fourth-order valence-corrected chi connectivity index (χ4v) is 5.25. The van der Waals surface area contributed by atoms with Crippen molar-refractivity contribution in [2.75, 3.05) is 13.1 Å². The third-order valence-corrected chi connectivity index (χ3v) is 7.16. The third-order valence-electron chi connectivity index (χ3n) is 7.16. The zero-order valence-corrected chi connectivity index (χ0v) is 16.6. The number of hydrogen-bond acceptors (Lipinski definition) is 2. The smallest absolute Gasteiger partial charge is 0.115 e. The Bertz CT molecular complexity index is 569. The summed E-state index contributed by atoms with van der Waals surface area (Å²) in [7, 11) is 0. The molecule has 1 aliphatic carbocycles. The highest BCUT2D eigenvalue weighted by Crippen LogP contribution is 2.49. The van der Waals surface area contributed by atoms with Crippen molar-refractivity contribution in [2.45, 2.75) is 90.0 Å². The fraction of sp³-hybridized carbons (Fsp3) is 0.739. The molecule has 1 aromatic rings. The van der Waals surface area contributed by atoms with Gasteiger partial charge in [-0.05, 0) is 66.9 Å². The van der Waals surface area contributed by atoms with Crippen LogP contribution in [-0.4, -0.2) is 29.1 Å². The number of phenolic OH excluding ortho intramolecular Hbond substituents is 1. The highest BCUT2D eigenvalue weighted by molar-refractivity contribution is 5.44. The Morgan fingerprint density at radius 2 is 1.84 bits per heavy atom. The topological polar surface area (TPSA) is 23.5 Å². The standard InChI is InChI=1S/C23H37NO/c1-4-5-6-7-8-9-10-14-24-15-13-23(3)18(2)22(24)16-19-11-12-20(25)17-21(19)23/h11-12,17-18,22,25H,4-10,13-16H2,1-3H3/t18-,22+,23+/m0/s1. The third kappa shape index (κ3) is 3.89. The minimum absolute atomic E-state index is 0.230. The first-order chi connectivity index (χ1) is 12.1. The van der Waals surface area contributed by atoms with Crippen LogP contribution in [0.3, 0.4) is 0 Å². The first-order valence-corrected chi connectivity index (χ1v) is 10.6. The van der Waals surface area contributed by atoms with Crippen LogP contribution in [0.4, 0.5) is 0 Å². The number of piperidine rings is 1. The molecule has 2 bridgehead atoms. The molecule has 3 rings (SSSR count). The van der Waals surface area contributed by atoms with Gasteiger partial charge in [0.25, 0.3) is 0 Å². The van der Waals surface area contributed by atoms with Gasteiger partial charge in [-0.15, -0.1) is 0 Å². The fourth-order valence-electron chi connectivity index (χ4n) is 5.25. The highest BCUT2D eigenvalue weighted by Gasteiger charge is 2.48. The molecular formula is C23H37NO. The van der Waals surface area contributed by atoms with E-state index in [1.807, 2.05) is 12.1 Å². The van der Waals surface area contributed by atoms with Gasteiger partial charge < -0.3 is 5.11 Å². The summed E-state index contributed by atoms with van der Waals surface area (Å²) < 4.78 is 0. The summed E-state index contributed by atoms with van der Waals surface area (Å²) in [5.74, 6) is 1.09. The maximum atomic E-state index is 9.95.